The quantitative estimate of drug-likeness (QED) is 0.370. The summed E-state index contributed by atoms with van der Waals surface area (Å²) in [5.74, 6) is 0.0983. The van der Waals surface area contributed by atoms with Crippen molar-refractivity contribution in [3.8, 4) is 23.0 Å². The summed E-state index contributed by atoms with van der Waals surface area (Å²) in [7, 11) is 0. The van der Waals surface area contributed by atoms with Crippen LogP contribution in [-0.2, 0) is 0 Å². The number of rotatable bonds is 5. The molecule has 4 aliphatic heterocycles. The Morgan fingerprint density at radius 2 is 1.83 bits per heavy atom. The van der Waals surface area contributed by atoms with Crippen LogP contribution in [0.3, 0.4) is 0 Å². The highest BCUT2D eigenvalue weighted by molar-refractivity contribution is 5.99. The second-order valence-corrected chi connectivity index (χ2v) is 12.4. The Hall–Kier alpha value is -3.60. The Balaban J connectivity index is 1.23. The van der Waals surface area contributed by atoms with Gasteiger partial charge in [0.25, 0.3) is 0 Å². The number of fused-ring (bicyclic) bond motifs is 4. The molecule has 0 saturated carbocycles. The molecule has 2 unspecified atom stereocenters. The molecule has 0 spiro atoms. The summed E-state index contributed by atoms with van der Waals surface area (Å²) in [6.07, 6.45) is 6.53. The van der Waals surface area contributed by atoms with Crippen LogP contribution in [0.25, 0.3) is 32.9 Å². The number of phenols is 1. The van der Waals surface area contributed by atoms with Crippen molar-refractivity contribution in [2.24, 2.45) is 0 Å². The molecule has 0 bridgehead atoms. The number of benzene rings is 2. The molecule has 42 heavy (non-hydrogen) atoms. The number of aromatic hydroxyl groups is 1. The number of nitrogens with zero attached hydrogens (tertiary/aromatic N) is 6. The molecule has 0 radical (unpaired) electrons. The number of pyridine rings is 1. The normalized spacial score (nSPS) is 24.0. The van der Waals surface area contributed by atoms with Gasteiger partial charge in [0, 0.05) is 44.0 Å². The van der Waals surface area contributed by atoms with Gasteiger partial charge in [-0.15, -0.1) is 0 Å². The third kappa shape index (κ3) is 4.27. The van der Waals surface area contributed by atoms with Gasteiger partial charge in [-0.25, -0.2) is 4.39 Å². The number of hydrogen-bond donors (Lipinski definition) is 2. The molecule has 2 aromatic carbocycles. The van der Waals surface area contributed by atoms with Crippen LogP contribution in [0.1, 0.15) is 32.1 Å². The molecule has 4 saturated heterocycles. The smallest absolute Gasteiger partial charge is 0.319 e. The zero-order valence-corrected chi connectivity index (χ0v) is 23.5. The van der Waals surface area contributed by atoms with Gasteiger partial charge in [0.2, 0.25) is 0 Å². The largest absolute Gasteiger partial charge is 0.508 e. The van der Waals surface area contributed by atoms with Crippen LogP contribution < -0.4 is 9.64 Å². The highest BCUT2D eigenvalue weighted by Crippen LogP contribution is 2.40. The number of piperazine rings is 1. The van der Waals surface area contributed by atoms with E-state index in [0.29, 0.717) is 49.4 Å². The van der Waals surface area contributed by atoms with Crippen LogP contribution in [0, 0.1) is 5.82 Å². The lowest BCUT2D eigenvalue weighted by atomic mass is 9.95. The number of aliphatic hydroxyl groups is 1. The van der Waals surface area contributed by atoms with Crippen LogP contribution in [0.4, 0.5) is 10.2 Å². The number of aliphatic hydroxyl groups excluding tert-OH is 1. The second-order valence-electron chi connectivity index (χ2n) is 12.4. The Labute approximate surface area is 243 Å². The number of aromatic nitrogens is 3. The van der Waals surface area contributed by atoms with Crippen molar-refractivity contribution in [1.82, 2.24) is 24.8 Å². The molecule has 9 nitrogen and oxygen atoms in total. The Kier molecular flexibility index (Phi) is 6.20. The first-order valence-corrected chi connectivity index (χ1v) is 15.1. The number of ether oxygens (including phenoxy) is 1. The van der Waals surface area contributed by atoms with Gasteiger partial charge < -0.3 is 19.8 Å². The zero-order chi connectivity index (χ0) is 28.4. The molecular formula is C32H35FN6O3. The molecule has 6 heterocycles. The Bertz CT molecular complexity index is 1670. The van der Waals surface area contributed by atoms with Gasteiger partial charge in [-0.3, -0.25) is 14.8 Å². The molecule has 218 valence electrons. The van der Waals surface area contributed by atoms with Gasteiger partial charge in [0.05, 0.1) is 17.0 Å². The lowest BCUT2D eigenvalue weighted by molar-refractivity contribution is 0.108. The summed E-state index contributed by atoms with van der Waals surface area (Å²) in [4.78, 5) is 21.1. The zero-order valence-electron chi connectivity index (χ0n) is 23.5. The minimum atomic E-state index is -0.562. The molecule has 4 aliphatic rings. The average molecular weight is 571 g/mol. The van der Waals surface area contributed by atoms with Crippen LogP contribution >= 0.6 is 0 Å². The third-order valence-corrected chi connectivity index (χ3v) is 9.92. The maximum Gasteiger partial charge on any atom is 0.319 e. The fraction of sp³-hybridized carbons (Fsp3) is 0.469. The van der Waals surface area contributed by atoms with E-state index in [-0.39, 0.29) is 40.7 Å². The van der Waals surface area contributed by atoms with Crippen molar-refractivity contribution >= 4 is 27.5 Å². The molecule has 0 aliphatic carbocycles. The molecule has 2 aromatic heterocycles. The predicted molar refractivity (Wildman–Crippen MR) is 158 cm³/mol. The molecule has 4 fully saturated rings. The van der Waals surface area contributed by atoms with Crippen LogP contribution in [0.5, 0.6) is 11.8 Å². The first-order valence-electron chi connectivity index (χ1n) is 15.1. The molecule has 8 rings (SSSR count). The Morgan fingerprint density at radius 3 is 2.69 bits per heavy atom. The second kappa shape index (κ2) is 10.00. The minimum Gasteiger partial charge on any atom is -0.508 e. The summed E-state index contributed by atoms with van der Waals surface area (Å²) in [5.41, 5.74) is 0.804. The van der Waals surface area contributed by atoms with Gasteiger partial charge in [-0.05, 0) is 68.1 Å². The van der Waals surface area contributed by atoms with Gasteiger partial charge in [-0.1, -0.05) is 24.3 Å². The van der Waals surface area contributed by atoms with Gasteiger partial charge in [-0.2, -0.15) is 9.97 Å². The first kappa shape index (κ1) is 26.1. The summed E-state index contributed by atoms with van der Waals surface area (Å²) in [6.45, 7) is 5.53. The third-order valence-electron chi connectivity index (χ3n) is 9.92. The van der Waals surface area contributed by atoms with Crippen LogP contribution in [-0.4, -0.2) is 98.5 Å². The van der Waals surface area contributed by atoms with E-state index in [2.05, 4.69) is 24.7 Å². The van der Waals surface area contributed by atoms with E-state index in [1.165, 1.54) is 0 Å². The highest BCUT2D eigenvalue weighted by atomic mass is 19.1. The monoisotopic (exact) mass is 570 g/mol. The maximum atomic E-state index is 16.6. The number of hydrogen-bond acceptors (Lipinski definition) is 9. The molecule has 2 atom stereocenters. The van der Waals surface area contributed by atoms with E-state index in [1.807, 2.05) is 24.3 Å². The average Bonchev–Trinajstić information content (AvgIpc) is 3.68. The standard InChI is InChI=1S/C32H35FN6O3/c33-27-28(25-15-22(40)13-20-5-1-2-6-24(20)25)34-16-26-29(27)35-31(42-19-32-7-3-9-39(32)10-4-8-32)36-30(26)38-12-11-37-18-23(41)14-21(37)17-38/h1-2,5-6,13,15-16,21,23,40-41H,3-4,7-12,14,17-19H2. The fourth-order valence-corrected chi connectivity index (χ4v) is 7.87. The van der Waals surface area contributed by atoms with Crippen molar-refractivity contribution in [3.63, 3.8) is 0 Å². The maximum absolute atomic E-state index is 16.6. The van der Waals surface area contributed by atoms with Crippen molar-refractivity contribution in [2.45, 2.75) is 49.8 Å². The van der Waals surface area contributed by atoms with Crippen LogP contribution in [0.2, 0.25) is 0 Å². The van der Waals surface area contributed by atoms with Crippen molar-refractivity contribution in [1.29, 1.82) is 0 Å². The predicted octanol–water partition coefficient (Wildman–Crippen LogP) is 3.95. The molecule has 10 heteroatoms. The van der Waals surface area contributed by atoms with Gasteiger partial charge >= 0.3 is 6.01 Å². The summed E-state index contributed by atoms with van der Waals surface area (Å²) in [5, 5.41) is 22.8. The molecule has 4 aromatic rings. The molecule has 2 N–H and O–H groups in total. The Morgan fingerprint density at radius 1 is 1.00 bits per heavy atom. The fourth-order valence-electron chi connectivity index (χ4n) is 7.87. The lowest BCUT2D eigenvalue weighted by Crippen LogP contribution is -2.50. The van der Waals surface area contributed by atoms with Crippen molar-refractivity contribution < 1.29 is 19.3 Å². The van der Waals surface area contributed by atoms with E-state index in [0.717, 1.165) is 56.1 Å². The van der Waals surface area contributed by atoms with E-state index < -0.39 is 5.82 Å². The number of halogens is 1. The SMILES string of the molecule is Oc1cc(-c2ncc3c(N4CCN5CC(O)CC5C4)nc(OCC45CCCN4CCC5)nc3c2F)c2ccccc2c1. The summed E-state index contributed by atoms with van der Waals surface area (Å²) < 4.78 is 23.0. The van der Waals surface area contributed by atoms with E-state index >= 15 is 4.39 Å². The van der Waals surface area contributed by atoms with E-state index in [4.69, 9.17) is 9.72 Å². The topological polar surface area (TPSA) is 98.1 Å². The van der Waals surface area contributed by atoms with Crippen molar-refractivity contribution in [3.05, 3.63) is 48.4 Å². The van der Waals surface area contributed by atoms with Crippen molar-refractivity contribution in [2.75, 3.05) is 50.8 Å². The lowest BCUT2D eigenvalue weighted by Gasteiger charge is -2.38. The summed E-state index contributed by atoms with van der Waals surface area (Å²) in [6, 6.07) is 11.2. The molecular weight excluding hydrogens is 535 g/mol. The number of phenolic OH excluding ortho intramolecular Hbond substituents is 1. The number of anilines is 1. The highest BCUT2D eigenvalue weighted by Gasteiger charge is 2.45. The minimum absolute atomic E-state index is 0.00647. The van der Waals surface area contributed by atoms with E-state index in [1.54, 1.807) is 18.3 Å². The van der Waals surface area contributed by atoms with Gasteiger partial charge in [0.15, 0.2) is 5.82 Å². The molecule has 0 amide bonds. The summed E-state index contributed by atoms with van der Waals surface area (Å²) >= 11 is 0. The van der Waals surface area contributed by atoms with E-state index in [9.17, 15) is 10.2 Å². The van der Waals surface area contributed by atoms with Crippen LogP contribution in [0.15, 0.2) is 42.6 Å². The van der Waals surface area contributed by atoms with Gasteiger partial charge in [0.1, 0.15) is 29.4 Å². The first-order chi connectivity index (χ1) is 20.5.